The van der Waals surface area contributed by atoms with Crippen molar-refractivity contribution in [2.45, 2.75) is 19.9 Å². The van der Waals surface area contributed by atoms with E-state index in [1.807, 2.05) is 43.3 Å². The summed E-state index contributed by atoms with van der Waals surface area (Å²) in [4.78, 5) is 11.1. The van der Waals surface area contributed by atoms with Crippen LogP contribution in [0, 0.1) is 13.8 Å². The predicted octanol–water partition coefficient (Wildman–Crippen LogP) is 5.22. The number of benzene rings is 1. The minimum atomic E-state index is -0.200. The number of hydrogen-bond acceptors (Lipinski definition) is 5. The minimum absolute atomic E-state index is 0.200. The van der Waals surface area contributed by atoms with Crippen LogP contribution in [0.15, 0.2) is 60.9 Å². The highest BCUT2D eigenvalue weighted by molar-refractivity contribution is 7.12. The highest BCUT2D eigenvalue weighted by Crippen LogP contribution is 2.38. The van der Waals surface area contributed by atoms with Gasteiger partial charge in [-0.2, -0.15) is 0 Å². The number of phenolic OH excluding ortho intramolecular Hbond substituents is 1. The van der Waals surface area contributed by atoms with Crippen molar-refractivity contribution in [1.29, 1.82) is 0 Å². The van der Waals surface area contributed by atoms with E-state index in [0.717, 1.165) is 27.2 Å². The van der Waals surface area contributed by atoms with Gasteiger partial charge in [-0.05, 0) is 49.7 Å². The molecule has 1 atom stereocenters. The van der Waals surface area contributed by atoms with Gasteiger partial charge in [0.1, 0.15) is 17.1 Å². The van der Waals surface area contributed by atoms with Crippen LogP contribution < -0.4 is 5.32 Å². The Bertz CT molecular complexity index is 1070. The van der Waals surface area contributed by atoms with Gasteiger partial charge >= 0.3 is 0 Å². The number of pyridine rings is 2. The van der Waals surface area contributed by atoms with E-state index in [1.54, 1.807) is 23.7 Å². The molecule has 4 rings (SSSR count). The predicted molar refractivity (Wildman–Crippen MR) is 107 cm³/mol. The monoisotopic (exact) mass is 361 g/mol. The Hall–Kier alpha value is -2.92. The fourth-order valence-electron chi connectivity index (χ4n) is 3.05. The molecule has 0 aliphatic rings. The number of aromatic nitrogens is 2. The second kappa shape index (κ2) is 6.77. The molecule has 0 amide bonds. The lowest BCUT2D eigenvalue weighted by Gasteiger charge is -2.20. The summed E-state index contributed by atoms with van der Waals surface area (Å²) in [6.07, 6.45) is 3.49. The maximum absolute atomic E-state index is 10.9. The van der Waals surface area contributed by atoms with Gasteiger partial charge in [-0.15, -0.1) is 11.3 Å². The molecule has 4 aromatic rings. The summed E-state index contributed by atoms with van der Waals surface area (Å²) < 4.78 is 0. The van der Waals surface area contributed by atoms with Gasteiger partial charge in [0.15, 0.2) is 0 Å². The number of anilines is 1. The molecule has 0 radical (unpaired) electrons. The average Bonchev–Trinajstić information content (AvgIpc) is 3.07. The molecule has 0 fully saturated rings. The van der Waals surface area contributed by atoms with Crippen molar-refractivity contribution < 1.29 is 5.11 Å². The topological polar surface area (TPSA) is 58.0 Å². The maximum atomic E-state index is 10.9. The lowest BCUT2D eigenvalue weighted by atomic mass is 10.0. The lowest BCUT2D eigenvalue weighted by Crippen LogP contribution is -2.12. The fourth-order valence-corrected chi connectivity index (χ4v) is 4.00. The number of rotatable bonds is 4. The summed E-state index contributed by atoms with van der Waals surface area (Å²) in [5, 5.41) is 15.3. The van der Waals surface area contributed by atoms with Gasteiger partial charge in [0.05, 0.1) is 6.04 Å². The summed E-state index contributed by atoms with van der Waals surface area (Å²) in [7, 11) is 0. The van der Waals surface area contributed by atoms with Crippen LogP contribution in [0.25, 0.3) is 10.9 Å². The molecule has 4 nitrogen and oxygen atoms in total. The second-order valence-corrected chi connectivity index (χ2v) is 7.64. The van der Waals surface area contributed by atoms with E-state index in [9.17, 15) is 5.11 Å². The van der Waals surface area contributed by atoms with Crippen LogP contribution in [-0.4, -0.2) is 15.1 Å². The molecule has 1 unspecified atom stereocenters. The number of hydrogen-bond donors (Lipinski definition) is 2. The molecule has 3 aromatic heterocycles. The highest BCUT2D eigenvalue weighted by Gasteiger charge is 2.21. The van der Waals surface area contributed by atoms with E-state index in [-0.39, 0.29) is 11.8 Å². The van der Waals surface area contributed by atoms with Crippen LogP contribution in [-0.2, 0) is 0 Å². The van der Waals surface area contributed by atoms with E-state index >= 15 is 0 Å². The number of aromatic hydroxyl groups is 1. The van der Waals surface area contributed by atoms with Crippen LogP contribution in [0.2, 0.25) is 0 Å². The second-order valence-electron chi connectivity index (χ2n) is 6.32. The van der Waals surface area contributed by atoms with Crippen molar-refractivity contribution in [2.75, 3.05) is 5.32 Å². The standard InChI is InChI=1S/C21H19N3OS/c1-13-9-11-22-18(12-13)24-20(17-8-5-14(2)26-17)16-7-6-15-4-3-10-23-19(15)21(16)25/h3-12,20,25H,1-2H3,(H,22,24). The Kier molecular flexibility index (Phi) is 4.31. The summed E-state index contributed by atoms with van der Waals surface area (Å²) in [5.41, 5.74) is 2.54. The van der Waals surface area contributed by atoms with Crippen LogP contribution in [0.5, 0.6) is 5.75 Å². The summed E-state index contributed by atoms with van der Waals surface area (Å²) in [6, 6.07) is 15.7. The first kappa shape index (κ1) is 16.5. The normalized spacial score (nSPS) is 12.2. The Labute approximate surface area is 156 Å². The van der Waals surface area contributed by atoms with Crippen LogP contribution in [0.4, 0.5) is 5.82 Å². The molecular weight excluding hydrogens is 342 g/mol. The van der Waals surface area contributed by atoms with Crippen molar-refractivity contribution in [3.8, 4) is 5.75 Å². The van der Waals surface area contributed by atoms with Crippen molar-refractivity contribution in [3.05, 3.63) is 81.8 Å². The zero-order chi connectivity index (χ0) is 18.1. The Morgan fingerprint density at radius 1 is 1.00 bits per heavy atom. The number of phenols is 1. The van der Waals surface area contributed by atoms with Gasteiger partial charge < -0.3 is 10.4 Å². The molecule has 3 heterocycles. The van der Waals surface area contributed by atoms with Gasteiger partial charge in [-0.3, -0.25) is 4.98 Å². The first-order valence-electron chi connectivity index (χ1n) is 8.44. The Morgan fingerprint density at radius 3 is 2.65 bits per heavy atom. The third-order valence-corrected chi connectivity index (χ3v) is 5.41. The molecule has 0 saturated heterocycles. The van der Waals surface area contributed by atoms with E-state index in [1.165, 1.54) is 4.88 Å². The van der Waals surface area contributed by atoms with Gasteiger partial charge in [-0.25, -0.2) is 4.98 Å². The molecule has 0 aliphatic carbocycles. The van der Waals surface area contributed by atoms with Crippen molar-refractivity contribution in [2.24, 2.45) is 0 Å². The van der Waals surface area contributed by atoms with E-state index in [4.69, 9.17) is 0 Å². The first-order valence-corrected chi connectivity index (χ1v) is 9.25. The minimum Gasteiger partial charge on any atom is -0.505 e. The zero-order valence-electron chi connectivity index (χ0n) is 14.6. The SMILES string of the molecule is Cc1ccnc(NC(c2ccc(C)s2)c2ccc3cccnc3c2O)c1. The van der Waals surface area contributed by atoms with Gasteiger partial charge in [0, 0.05) is 33.1 Å². The Balaban J connectivity index is 1.84. The quantitative estimate of drug-likeness (QED) is 0.523. The third kappa shape index (κ3) is 3.13. The van der Waals surface area contributed by atoms with Crippen molar-refractivity contribution >= 4 is 28.1 Å². The number of nitrogens with zero attached hydrogens (tertiary/aromatic N) is 2. The third-order valence-electron chi connectivity index (χ3n) is 4.34. The van der Waals surface area contributed by atoms with Crippen molar-refractivity contribution in [1.82, 2.24) is 9.97 Å². The summed E-state index contributed by atoms with van der Waals surface area (Å²) in [5.74, 6) is 0.987. The number of thiophene rings is 1. The lowest BCUT2D eigenvalue weighted by molar-refractivity contribution is 0.472. The fraction of sp³-hybridized carbons (Fsp3) is 0.143. The molecule has 0 bridgehead atoms. The molecule has 1 aromatic carbocycles. The molecule has 0 aliphatic heterocycles. The summed E-state index contributed by atoms with van der Waals surface area (Å²) in [6.45, 7) is 4.12. The zero-order valence-corrected chi connectivity index (χ0v) is 15.4. The van der Waals surface area contributed by atoms with Crippen LogP contribution in [0.3, 0.4) is 0 Å². The number of aryl methyl sites for hydroxylation is 2. The van der Waals surface area contributed by atoms with E-state index < -0.39 is 0 Å². The highest BCUT2D eigenvalue weighted by atomic mass is 32.1. The van der Waals surface area contributed by atoms with Crippen LogP contribution >= 0.6 is 11.3 Å². The van der Waals surface area contributed by atoms with Gasteiger partial charge in [0.25, 0.3) is 0 Å². The molecule has 0 saturated carbocycles. The smallest absolute Gasteiger partial charge is 0.147 e. The number of nitrogens with one attached hydrogen (secondary N) is 1. The van der Waals surface area contributed by atoms with Gasteiger partial charge in [-0.1, -0.05) is 18.2 Å². The maximum Gasteiger partial charge on any atom is 0.147 e. The number of fused-ring (bicyclic) bond motifs is 1. The average molecular weight is 361 g/mol. The largest absolute Gasteiger partial charge is 0.505 e. The van der Waals surface area contributed by atoms with E-state index in [0.29, 0.717) is 5.52 Å². The summed E-state index contributed by atoms with van der Waals surface area (Å²) >= 11 is 1.71. The van der Waals surface area contributed by atoms with Gasteiger partial charge in [0.2, 0.25) is 0 Å². The first-order chi connectivity index (χ1) is 12.6. The van der Waals surface area contributed by atoms with E-state index in [2.05, 4.69) is 34.3 Å². The molecule has 2 N–H and O–H groups in total. The molecular formula is C21H19N3OS. The molecule has 26 heavy (non-hydrogen) atoms. The molecule has 0 spiro atoms. The van der Waals surface area contributed by atoms with Crippen LogP contribution in [0.1, 0.15) is 26.9 Å². The molecule has 5 heteroatoms. The van der Waals surface area contributed by atoms with Crippen molar-refractivity contribution in [3.63, 3.8) is 0 Å². The molecule has 130 valence electrons. The Morgan fingerprint density at radius 2 is 1.88 bits per heavy atom.